The zero-order valence-corrected chi connectivity index (χ0v) is 16.6. The van der Waals surface area contributed by atoms with E-state index >= 15 is 0 Å². The maximum Gasteiger partial charge on any atom is -0.0204 e. The van der Waals surface area contributed by atoms with Gasteiger partial charge in [0, 0.05) is 0 Å². The SMILES string of the molecule is CCP(Br)CC(C)C.CCP(Br)CC(C)C. The summed E-state index contributed by atoms with van der Waals surface area (Å²) in [5.74, 6) is 1.72. The Morgan fingerprint density at radius 3 is 1.06 bits per heavy atom. The van der Waals surface area contributed by atoms with Crippen LogP contribution in [-0.2, 0) is 0 Å². The van der Waals surface area contributed by atoms with E-state index in [1.807, 2.05) is 0 Å². The van der Waals surface area contributed by atoms with Gasteiger partial charge < -0.3 is 0 Å². The number of rotatable bonds is 6. The van der Waals surface area contributed by atoms with E-state index in [1.54, 1.807) is 0 Å². The normalized spacial score (nSPS) is 14.6. The van der Waals surface area contributed by atoms with Crippen molar-refractivity contribution < 1.29 is 0 Å². The van der Waals surface area contributed by atoms with Gasteiger partial charge in [0.2, 0.25) is 0 Å². The minimum absolute atomic E-state index is 0.195. The van der Waals surface area contributed by atoms with Gasteiger partial charge in [0.15, 0.2) is 0 Å². The molecule has 0 nitrogen and oxygen atoms in total. The number of hydrogen-bond donors (Lipinski definition) is 0. The minimum atomic E-state index is 0.195. The van der Waals surface area contributed by atoms with Crippen molar-refractivity contribution in [2.75, 3.05) is 24.6 Å². The zero-order valence-electron chi connectivity index (χ0n) is 11.6. The standard InChI is InChI=1S/2C6H14BrP/c2*1-4-8(7)5-6(2)3/h2*6H,4-5H2,1-3H3. The fourth-order valence-corrected chi connectivity index (χ4v) is 6.63. The molecule has 0 aromatic carbocycles. The predicted octanol–water partition coefficient (Wildman–Crippen LogP) is 6.91. The maximum atomic E-state index is 3.64. The van der Waals surface area contributed by atoms with Crippen LogP contribution in [0.15, 0.2) is 0 Å². The summed E-state index contributed by atoms with van der Waals surface area (Å²) in [5, 5.41) is 0. The fourth-order valence-electron chi connectivity index (χ4n) is 1.05. The Morgan fingerprint density at radius 1 is 0.750 bits per heavy atom. The van der Waals surface area contributed by atoms with E-state index < -0.39 is 0 Å². The summed E-state index contributed by atoms with van der Waals surface area (Å²) in [6, 6.07) is 0. The Balaban J connectivity index is 0. The van der Waals surface area contributed by atoms with Gasteiger partial charge in [-0.15, -0.1) is 0 Å². The Labute approximate surface area is 122 Å². The van der Waals surface area contributed by atoms with Crippen molar-refractivity contribution >= 4 is 44.2 Å². The predicted molar refractivity (Wildman–Crippen MR) is 92.2 cm³/mol. The van der Waals surface area contributed by atoms with E-state index in [0.717, 1.165) is 11.8 Å². The number of hydrogen-bond acceptors (Lipinski definition) is 0. The second-order valence-electron chi connectivity index (χ2n) is 4.71. The summed E-state index contributed by atoms with van der Waals surface area (Å²) in [7, 11) is 0. The Bertz CT molecular complexity index is 125. The van der Waals surface area contributed by atoms with Gasteiger partial charge in [-0.3, -0.25) is 0 Å². The first kappa shape index (κ1) is 20.1. The van der Waals surface area contributed by atoms with Gasteiger partial charge in [-0.05, 0) is 49.7 Å². The smallest absolute Gasteiger partial charge is 0.0204 e. The van der Waals surface area contributed by atoms with Gasteiger partial charge in [0.05, 0.1) is 0 Å². The largest absolute Gasteiger partial charge is 0.0624 e. The van der Waals surface area contributed by atoms with Gasteiger partial charge in [-0.2, -0.15) is 0 Å². The molecular weight excluding hydrogens is 366 g/mol. The Kier molecular flexibility index (Phi) is 16.7. The third-order valence-corrected chi connectivity index (χ3v) is 10.2. The molecule has 0 rings (SSSR count). The van der Waals surface area contributed by atoms with E-state index in [2.05, 4.69) is 72.5 Å². The Morgan fingerprint density at radius 2 is 1.00 bits per heavy atom. The van der Waals surface area contributed by atoms with Crippen molar-refractivity contribution in [2.45, 2.75) is 41.5 Å². The highest BCUT2D eigenvalue weighted by atomic mass is 79.9. The molecule has 0 N–H and O–H groups in total. The van der Waals surface area contributed by atoms with Gasteiger partial charge in [0.25, 0.3) is 0 Å². The van der Waals surface area contributed by atoms with Crippen molar-refractivity contribution in [2.24, 2.45) is 11.8 Å². The lowest BCUT2D eigenvalue weighted by molar-refractivity contribution is 0.746. The summed E-state index contributed by atoms with van der Waals surface area (Å²) < 4.78 is 0. The molecule has 0 aromatic heterocycles. The van der Waals surface area contributed by atoms with Crippen LogP contribution in [0.5, 0.6) is 0 Å². The van der Waals surface area contributed by atoms with Gasteiger partial charge >= 0.3 is 0 Å². The third kappa shape index (κ3) is 18.2. The maximum absolute atomic E-state index is 3.64. The van der Waals surface area contributed by atoms with Crippen LogP contribution < -0.4 is 0 Å². The van der Waals surface area contributed by atoms with Crippen molar-refractivity contribution in [3.05, 3.63) is 0 Å². The summed E-state index contributed by atoms with van der Waals surface area (Å²) in [6.45, 7) is 13.9. The van der Waals surface area contributed by atoms with Crippen LogP contribution in [0.2, 0.25) is 0 Å². The molecule has 0 saturated heterocycles. The van der Waals surface area contributed by atoms with E-state index in [0.29, 0.717) is 0 Å². The molecule has 2 atom stereocenters. The van der Waals surface area contributed by atoms with Crippen LogP contribution in [0.1, 0.15) is 41.5 Å². The quantitative estimate of drug-likeness (QED) is 0.430. The summed E-state index contributed by atoms with van der Waals surface area (Å²) in [6.07, 6.45) is 5.36. The monoisotopic (exact) mass is 392 g/mol. The molecule has 100 valence electrons. The average Bonchev–Trinajstić information content (AvgIpc) is 2.16. The van der Waals surface area contributed by atoms with Crippen LogP contribution in [0.3, 0.4) is 0 Å². The molecule has 2 unspecified atom stereocenters. The average molecular weight is 394 g/mol. The lowest BCUT2D eigenvalue weighted by Crippen LogP contribution is -1.91. The van der Waals surface area contributed by atoms with Crippen LogP contribution in [0.4, 0.5) is 0 Å². The second kappa shape index (κ2) is 13.3. The highest BCUT2D eigenvalue weighted by molar-refractivity contribution is 9.39. The topological polar surface area (TPSA) is 0 Å². The first-order chi connectivity index (χ1) is 7.33. The molecule has 0 spiro atoms. The van der Waals surface area contributed by atoms with E-state index in [4.69, 9.17) is 0 Å². The molecular formula is C12H28Br2P2. The molecule has 0 aliphatic carbocycles. The minimum Gasteiger partial charge on any atom is -0.0624 e. The molecule has 4 heteroatoms. The molecule has 0 aliphatic rings. The summed E-state index contributed by atoms with van der Waals surface area (Å²) >= 11 is 7.28. The van der Waals surface area contributed by atoms with Crippen molar-refractivity contribution in [1.29, 1.82) is 0 Å². The fraction of sp³-hybridized carbons (Fsp3) is 1.00. The van der Waals surface area contributed by atoms with Crippen molar-refractivity contribution in [1.82, 2.24) is 0 Å². The molecule has 0 saturated carbocycles. The van der Waals surface area contributed by atoms with E-state index in [9.17, 15) is 0 Å². The summed E-state index contributed by atoms with van der Waals surface area (Å²) in [5.41, 5.74) is 0. The Hall–Kier alpha value is 1.82. The van der Waals surface area contributed by atoms with E-state index in [1.165, 1.54) is 24.6 Å². The van der Waals surface area contributed by atoms with Crippen LogP contribution >= 0.6 is 44.2 Å². The lowest BCUT2D eigenvalue weighted by atomic mass is 10.3. The first-order valence-corrected chi connectivity index (χ1v) is 13.6. The molecule has 0 bridgehead atoms. The van der Waals surface area contributed by atoms with Crippen LogP contribution in [0.25, 0.3) is 0 Å². The number of halogens is 2. The second-order valence-corrected chi connectivity index (χ2v) is 14.6. The highest BCUT2D eigenvalue weighted by Gasteiger charge is 2.02. The molecule has 0 aliphatic heterocycles. The van der Waals surface area contributed by atoms with Gasteiger partial charge in [-0.1, -0.05) is 72.5 Å². The van der Waals surface area contributed by atoms with E-state index in [-0.39, 0.29) is 13.2 Å². The lowest BCUT2D eigenvalue weighted by Gasteiger charge is -2.08. The zero-order chi connectivity index (χ0) is 13.1. The van der Waals surface area contributed by atoms with Crippen LogP contribution in [0, 0.1) is 11.8 Å². The highest BCUT2D eigenvalue weighted by Crippen LogP contribution is 2.45. The molecule has 0 amide bonds. The van der Waals surface area contributed by atoms with Gasteiger partial charge in [-0.25, -0.2) is 0 Å². The third-order valence-electron chi connectivity index (χ3n) is 1.81. The van der Waals surface area contributed by atoms with Gasteiger partial charge in [0.1, 0.15) is 0 Å². The first-order valence-electron chi connectivity index (χ1n) is 6.14. The summed E-state index contributed by atoms with van der Waals surface area (Å²) in [4.78, 5) is 0. The molecule has 16 heavy (non-hydrogen) atoms. The van der Waals surface area contributed by atoms with Crippen LogP contribution in [-0.4, -0.2) is 24.6 Å². The van der Waals surface area contributed by atoms with Crippen molar-refractivity contribution in [3.8, 4) is 0 Å². The molecule has 0 fully saturated rings. The molecule has 0 radical (unpaired) electrons. The van der Waals surface area contributed by atoms with Crippen molar-refractivity contribution in [3.63, 3.8) is 0 Å². The molecule has 0 aromatic rings. The molecule has 0 heterocycles.